The minimum Gasteiger partial charge on any atom is -0.508 e. The molecule has 1 fully saturated rings. The molecular formula is C25H27FN2O2. The molecule has 0 spiro atoms. The number of para-hydroxylation sites is 2. The van der Waals surface area contributed by atoms with Crippen LogP contribution in [0.5, 0.6) is 11.5 Å². The third-order valence-electron chi connectivity index (χ3n) is 5.53. The maximum atomic E-state index is 13.2. The molecule has 0 atom stereocenters. The Kier molecular flexibility index (Phi) is 6.19. The summed E-state index contributed by atoms with van der Waals surface area (Å²) in [5.41, 5.74) is 3.95. The Bertz CT molecular complexity index is 983. The standard InChI is InChI=1S/C25H27FN2O2/c1-2-30-25-6-4-3-5-23(25)28-15-13-27(14-16-28)18-21-17-20(9-12-24(21)29)19-7-10-22(26)11-8-19/h3-12,17,29H,2,13-16,18H2,1H3. The van der Waals surface area contributed by atoms with E-state index >= 15 is 0 Å². The van der Waals surface area contributed by atoms with Gasteiger partial charge in [-0.15, -0.1) is 0 Å². The van der Waals surface area contributed by atoms with Crippen molar-refractivity contribution in [3.05, 3.63) is 78.1 Å². The van der Waals surface area contributed by atoms with Gasteiger partial charge in [-0.2, -0.15) is 0 Å². The molecule has 4 rings (SSSR count). The Balaban J connectivity index is 1.43. The average Bonchev–Trinajstić information content (AvgIpc) is 2.77. The van der Waals surface area contributed by atoms with Gasteiger partial charge >= 0.3 is 0 Å². The summed E-state index contributed by atoms with van der Waals surface area (Å²) in [4.78, 5) is 4.71. The van der Waals surface area contributed by atoms with Crippen LogP contribution in [0.25, 0.3) is 11.1 Å². The third kappa shape index (κ3) is 4.57. The summed E-state index contributed by atoms with van der Waals surface area (Å²) in [6, 6.07) is 20.2. The molecule has 1 aliphatic heterocycles. The number of aromatic hydroxyl groups is 1. The lowest BCUT2D eigenvalue weighted by molar-refractivity contribution is 0.245. The summed E-state index contributed by atoms with van der Waals surface area (Å²) < 4.78 is 19.0. The second kappa shape index (κ2) is 9.18. The van der Waals surface area contributed by atoms with Crippen molar-refractivity contribution in [1.82, 2.24) is 4.90 Å². The number of phenols is 1. The Morgan fingerprint density at radius 1 is 0.900 bits per heavy atom. The number of hydrogen-bond acceptors (Lipinski definition) is 4. The smallest absolute Gasteiger partial charge is 0.142 e. The van der Waals surface area contributed by atoms with Crippen LogP contribution in [0.3, 0.4) is 0 Å². The number of benzene rings is 3. The van der Waals surface area contributed by atoms with Gasteiger partial charge in [0.1, 0.15) is 17.3 Å². The second-order valence-corrected chi connectivity index (χ2v) is 7.51. The Morgan fingerprint density at radius 2 is 1.60 bits per heavy atom. The van der Waals surface area contributed by atoms with Crippen molar-refractivity contribution in [3.63, 3.8) is 0 Å². The zero-order valence-electron chi connectivity index (χ0n) is 17.2. The monoisotopic (exact) mass is 406 g/mol. The van der Waals surface area contributed by atoms with Crippen LogP contribution < -0.4 is 9.64 Å². The minimum atomic E-state index is -0.249. The van der Waals surface area contributed by atoms with E-state index in [1.165, 1.54) is 12.1 Å². The molecule has 3 aromatic carbocycles. The molecule has 4 nitrogen and oxygen atoms in total. The third-order valence-corrected chi connectivity index (χ3v) is 5.53. The van der Waals surface area contributed by atoms with Gasteiger partial charge in [0.25, 0.3) is 0 Å². The zero-order chi connectivity index (χ0) is 20.9. The van der Waals surface area contributed by atoms with E-state index in [9.17, 15) is 9.50 Å². The van der Waals surface area contributed by atoms with Gasteiger partial charge in [-0.1, -0.05) is 30.3 Å². The topological polar surface area (TPSA) is 35.9 Å². The quantitative estimate of drug-likeness (QED) is 0.630. The fraction of sp³-hybridized carbons (Fsp3) is 0.280. The molecular weight excluding hydrogens is 379 g/mol. The predicted octanol–water partition coefficient (Wildman–Crippen LogP) is 4.92. The SMILES string of the molecule is CCOc1ccccc1N1CCN(Cc2cc(-c3ccc(F)cc3)ccc2O)CC1. The van der Waals surface area contributed by atoms with Crippen LogP contribution in [-0.4, -0.2) is 42.8 Å². The molecule has 5 heteroatoms. The van der Waals surface area contributed by atoms with Crippen molar-refractivity contribution >= 4 is 5.69 Å². The number of piperazine rings is 1. The van der Waals surface area contributed by atoms with E-state index in [1.807, 2.05) is 37.3 Å². The number of ether oxygens (including phenoxy) is 1. The minimum absolute atomic E-state index is 0.249. The van der Waals surface area contributed by atoms with Crippen LogP contribution in [0.4, 0.5) is 10.1 Å². The normalized spacial score (nSPS) is 14.7. The number of phenolic OH excluding ortho intramolecular Hbond substituents is 1. The lowest BCUT2D eigenvalue weighted by Gasteiger charge is -2.36. The summed E-state index contributed by atoms with van der Waals surface area (Å²) >= 11 is 0. The van der Waals surface area contributed by atoms with Crippen molar-refractivity contribution in [2.24, 2.45) is 0 Å². The zero-order valence-corrected chi connectivity index (χ0v) is 17.2. The van der Waals surface area contributed by atoms with Gasteiger partial charge in [0.15, 0.2) is 0 Å². The van der Waals surface area contributed by atoms with Crippen molar-refractivity contribution in [1.29, 1.82) is 0 Å². The molecule has 1 saturated heterocycles. The molecule has 0 aliphatic carbocycles. The highest BCUT2D eigenvalue weighted by Crippen LogP contribution is 2.30. The first-order valence-corrected chi connectivity index (χ1v) is 10.4. The molecule has 1 heterocycles. The van der Waals surface area contributed by atoms with Gasteiger partial charge in [-0.25, -0.2) is 4.39 Å². The van der Waals surface area contributed by atoms with Crippen molar-refractivity contribution < 1.29 is 14.2 Å². The van der Waals surface area contributed by atoms with Crippen LogP contribution in [0.2, 0.25) is 0 Å². The first-order chi connectivity index (χ1) is 14.6. The highest BCUT2D eigenvalue weighted by Gasteiger charge is 2.20. The van der Waals surface area contributed by atoms with Gasteiger partial charge < -0.3 is 14.7 Å². The van der Waals surface area contributed by atoms with E-state index in [1.54, 1.807) is 18.2 Å². The number of hydrogen-bond donors (Lipinski definition) is 1. The molecule has 0 amide bonds. The van der Waals surface area contributed by atoms with Crippen molar-refractivity contribution in [3.8, 4) is 22.6 Å². The predicted molar refractivity (Wildman–Crippen MR) is 119 cm³/mol. The fourth-order valence-electron chi connectivity index (χ4n) is 3.92. The molecule has 1 N–H and O–H groups in total. The Labute approximate surface area is 177 Å². The Hall–Kier alpha value is -3.05. The summed E-state index contributed by atoms with van der Waals surface area (Å²) in [6.07, 6.45) is 0. The van der Waals surface area contributed by atoms with Crippen LogP contribution >= 0.6 is 0 Å². The molecule has 0 aromatic heterocycles. The van der Waals surface area contributed by atoms with E-state index < -0.39 is 0 Å². The number of anilines is 1. The molecule has 0 saturated carbocycles. The number of nitrogens with zero attached hydrogens (tertiary/aromatic N) is 2. The molecule has 0 unspecified atom stereocenters. The maximum absolute atomic E-state index is 13.2. The summed E-state index contributed by atoms with van der Waals surface area (Å²) in [5, 5.41) is 10.4. The lowest BCUT2D eigenvalue weighted by atomic mass is 10.0. The fourth-order valence-corrected chi connectivity index (χ4v) is 3.92. The molecule has 156 valence electrons. The van der Waals surface area contributed by atoms with Crippen LogP contribution in [-0.2, 0) is 6.54 Å². The first-order valence-electron chi connectivity index (χ1n) is 10.4. The molecule has 0 bridgehead atoms. The lowest BCUT2D eigenvalue weighted by Crippen LogP contribution is -2.46. The molecule has 3 aromatic rings. The summed E-state index contributed by atoms with van der Waals surface area (Å²) in [5.74, 6) is 0.976. The van der Waals surface area contributed by atoms with Crippen LogP contribution in [0.15, 0.2) is 66.7 Å². The van der Waals surface area contributed by atoms with Crippen molar-refractivity contribution in [2.45, 2.75) is 13.5 Å². The highest BCUT2D eigenvalue weighted by molar-refractivity contribution is 5.65. The van der Waals surface area contributed by atoms with E-state index in [-0.39, 0.29) is 5.82 Å². The molecule has 0 radical (unpaired) electrons. The van der Waals surface area contributed by atoms with E-state index in [0.29, 0.717) is 18.9 Å². The van der Waals surface area contributed by atoms with Gasteiger partial charge in [0, 0.05) is 38.3 Å². The summed E-state index contributed by atoms with van der Waals surface area (Å²) in [7, 11) is 0. The average molecular weight is 407 g/mol. The highest BCUT2D eigenvalue weighted by atomic mass is 19.1. The maximum Gasteiger partial charge on any atom is 0.142 e. The van der Waals surface area contributed by atoms with Crippen LogP contribution in [0.1, 0.15) is 12.5 Å². The Morgan fingerprint density at radius 3 is 2.33 bits per heavy atom. The van der Waals surface area contributed by atoms with Crippen LogP contribution in [0, 0.1) is 5.82 Å². The number of rotatable bonds is 6. The van der Waals surface area contributed by atoms with E-state index in [4.69, 9.17) is 4.74 Å². The van der Waals surface area contributed by atoms with Crippen molar-refractivity contribution in [2.75, 3.05) is 37.7 Å². The largest absolute Gasteiger partial charge is 0.508 e. The molecule has 30 heavy (non-hydrogen) atoms. The van der Waals surface area contributed by atoms with Gasteiger partial charge in [-0.05, 0) is 54.4 Å². The van der Waals surface area contributed by atoms with Gasteiger partial charge in [0.05, 0.1) is 12.3 Å². The van der Waals surface area contributed by atoms with Gasteiger partial charge in [0.2, 0.25) is 0 Å². The number of halogens is 1. The van der Waals surface area contributed by atoms with Gasteiger partial charge in [-0.3, -0.25) is 4.90 Å². The first kappa shape index (κ1) is 20.2. The summed E-state index contributed by atoms with van der Waals surface area (Å²) in [6.45, 7) is 6.95. The van der Waals surface area contributed by atoms with E-state index in [2.05, 4.69) is 15.9 Å². The van der Waals surface area contributed by atoms with E-state index in [0.717, 1.165) is 54.3 Å². The molecule has 1 aliphatic rings. The second-order valence-electron chi connectivity index (χ2n) is 7.51.